The summed E-state index contributed by atoms with van der Waals surface area (Å²) in [6, 6.07) is 8.05. The Balaban J connectivity index is 1.96. The average molecular weight is 294 g/mol. The molecule has 2 nitrogen and oxygen atoms in total. The summed E-state index contributed by atoms with van der Waals surface area (Å²) in [5, 5.41) is 13.0. The summed E-state index contributed by atoms with van der Waals surface area (Å²) in [6.07, 6.45) is 1.63. The van der Waals surface area contributed by atoms with Crippen LogP contribution >= 0.6 is 22.9 Å². The molecule has 19 heavy (non-hydrogen) atoms. The minimum Gasteiger partial charge on any atom is -0.383 e. The van der Waals surface area contributed by atoms with Crippen LogP contribution in [0.5, 0.6) is 0 Å². The topological polar surface area (TPSA) is 23.5 Å². The van der Waals surface area contributed by atoms with Gasteiger partial charge in [0.15, 0.2) is 0 Å². The van der Waals surface area contributed by atoms with Crippen LogP contribution in [0, 0.1) is 0 Å². The van der Waals surface area contributed by atoms with Crippen LogP contribution in [0.3, 0.4) is 0 Å². The van der Waals surface area contributed by atoms with Crippen LogP contribution in [0.15, 0.2) is 29.6 Å². The van der Waals surface area contributed by atoms with Gasteiger partial charge in [-0.2, -0.15) is 0 Å². The number of rotatable bonds is 2. The van der Waals surface area contributed by atoms with Gasteiger partial charge < -0.3 is 10.0 Å². The summed E-state index contributed by atoms with van der Waals surface area (Å²) >= 11 is 7.59. The highest BCUT2D eigenvalue weighted by Crippen LogP contribution is 2.35. The van der Waals surface area contributed by atoms with Crippen molar-refractivity contribution >= 4 is 28.6 Å². The van der Waals surface area contributed by atoms with Crippen LogP contribution in [-0.4, -0.2) is 18.7 Å². The molecule has 4 heteroatoms. The predicted molar refractivity (Wildman–Crippen MR) is 81.4 cm³/mol. The lowest BCUT2D eigenvalue weighted by atomic mass is 9.97. The SMILES string of the molecule is CN1CCCc2cc(C(O)c3sccc3Cl)ccc21. The number of aryl methyl sites for hydroxylation is 1. The van der Waals surface area contributed by atoms with E-state index in [0.29, 0.717) is 5.02 Å². The number of hydrogen-bond acceptors (Lipinski definition) is 3. The molecule has 0 aliphatic carbocycles. The molecule has 1 aromatic carbocycles. The molecule has 2 heterocycles. The Hall–Kier alpha value is -1.03. The molecule has 0 radical (unpaired) electrons. The number of nitrogens with zero attached hydrogens (tertiary/aromatic N) is 1. The molecule has 0 spiro atoms. The van der Waals surface area contributed by atoms with Crippen molar-refractivity contribution in [2.24, 2.45) is 0 Å². The molecule has 0 saturated heterocycles. The van der Waals surface area contributed by atoms with Crippen LogP contribution in [0.4, 0.5) is 5.69 Å². The number of benzene rings is 1. The number of halogens is 1. The first kappa shape index (κ1) is 13.0. The standard InChI is InChI=1S/C15H16ClNOS/c1-17-7-2-3-10-9-11(4-5-13(10)17)14(18)15-12(16)6-8-19-15/h4-6,8-9,14,18H,2-3,7H2,1H3. The van der Waals surface area contributed by atoms with Crippen molar-refractivity contribution in [3.63, 3.8) is 0 Å². The zero-order valence-corrected chi connectivity index (χ0v) is 12.3. The fraction of sp³-hybridized carbons (Fsp3) is 0.333. The Kier molecular flexibility index (Phi) is 3.52. The van der Waals surface area contributed by atoms with Gasteiger partial charge in [0, 0.05) is 19.3 Å². The molecular weight excluding hydrogens is 278 g/mol. The highest BCUT2D eigenvalue weighted by Gasteiger charge is 2.19. The summed E-state index contributed by atoms with van der Waals surface area (Å²) in [4.78, 5) is 3.10. The maximum Gasteiger partial charge on any atom is 0.115 e. The average Bonchev–Trinajstić information content (AvgIpc) is 2.84. The molecular formula is C15H16ClNOS. The van der Waals surface area contributed by atoms with Crippen LogP contribution in [0.25, 0.3) is 0 Å². The van der Waals surface area contributed by atoms with E-state index in [1.807, 2.05) is 17.5 Å². The number of aliphatic hydroxyl groups is 1. The Bertz CT molecular complexity index is 596. The van der Waals surface area contributed by atoms with E-state index >= 15 is 0 Å². The fourth-order valence-corrected chi connectivity index (χ4v) is 3.80. The van der Waals surface area contributed by atoms with Crippen LogP contribution < -0.4 is 4.90 Å². The molecule has 1 aliphatic rings. The van der Waals surface area contributed by atoms with E-state index in [-0.39, 0.29) is 0 Å². The second-order valence-corrected chi connectivity index (χ2v) is 6.30. The summed E-state index contributed by atoms with van der Waals surface area (Å²) in [6.45, 7) is 1.10. The normalized spacial score (nSPS) is 16.3. The van der Waals surface area contributed by atoms with Gasteiger partial charge in [0.2, 0.25) is 0 Å². The Morgan fingerprint density at radius 2 is 2.21 bits per heavy atom. The van der Waals surface area contributed by atoms with E-state index < -0.39 is 6.10 Å². The molecule has 0 saturated carbocycles. The van der Waals surface area contributed by atoms with Crippen molar-refractivity contribution in [2.45, 2.75) is 18.9 Å². The molecule has 2 aromatic rings. The third kappa shape index (κ3) is 2.38. The quantitative estimate of drug-likeness (QED) is 0.909. The van der Waals surface area contributed by atoms with E-state index in [1.165, 1.54) is 29.0 Å². The maximum absolute atomic E-state index is 10.4. The number of thiophene rings is 1. The second kappa shape index (κ2) is 5.16. The van der Waals surface area contributed by atoms with Crippen molar-refractivity contribution < 1.29 is 5.11 Å². The van der Waals surface area contributed by atoms with Gasteiger partial charge in [0.25, 0.3) is 0 Å². The molecule has 3 rings (SSSR count). The lowest BCUT2D eigenvalue weighted by molar-refractivity contribution is 0.224. The lowest BCUT2D eigenvalue weighted by Crippen LogP contribution is -2.24. The molecule has 0 fully saturated rings. The summed E-state index contributed by atoms with van der Waals surface area (Å²) in [7, 11) is 2.12. The predicted octanol–water partition coefficient (Wildman–Crippen LogP) is 3.87. The maximum atomic E-state index is 10.4. The number of hydrogen-bond donors (Lipinski definition) is 1. The molecule has 1 atom stereocenters. The largest absolute Gasteiger partial charge is 0.383 e. The van der Waals surface area contributed by atoms with Crippen molar-refractivity contribution in [3.8, 4) is 0 Å². The van der Waals surface area contributed by atoms with Gasteiger partial charge in [-0.05, 0) is 41.5 Å². The van der Waals surface area contributed by atoms with Crippen molar-refractivity contribution in [2.75, 3.05) is 18.5 Å². The summed E-state index contributed by atoms with van der Waals surface area (Å²) in [5.74, 6) is 0. The van der Waals surface area contributed by atoms with Crippen molar-refractivity contribution in [3.05, 3.63) is 50.7 Å². The molecule has 100 valence electrons. The van der Waals surface area contributed by atoms with E-state index in [4.69, 9.17) is 11.6 Å². The first-order valence-electron chi connectivity index (χ1n) is 6.42. The van der Waals surface area contributed by atoms with Gasteiger partial charge in [-0.15, -0.1) is 11.3 Å². The Morgan fingerprint density at radius 3 is 2.95 bits per heavy atom. The number of fused-ring (bicyclic) bond motifs is 1. The third-order valence-electron chi connectivity index (χ3n) is 3.66. The molecule has 0 amide bonds. The van der Waals surface area contributed by atoms with Gasteiger partial charge in [0.05, 0.1) is 9.90 Å². The Morgan fingerprint density at radius 1 is 1.37 bits per heavy atom. The van der Waals surface area contributed by atoms with Crippen molar-refractivity contribution in [1.82, 2.24) is 0 Å². The van der Waals surface area contributed by atoms with E-state index in [1.54, 1.807) is 0 Å². The number of aliphatic hydroxyl groups excluding tert-OH is 1. The van der Waals surface area contributed by atoms with Crippen LogP contribution in [0.1, 0.15) is 28.5 Å². The minimum atomic E-state index is -0.620. The lowest BCUT2D eigenvalue weighted by Gasteiger charge is -2.28. The van der Waals surface area contributed by atoms with Crippen LogP contribution in [0.2, 0.25) is 5.02 Å². The molecule has 1 aromatic heterocycles. The van der Waals surface area contributed by atoms with E-state index in [9.17, 15) is 5.11 Å². The Labute approximate surface area is 122 Å². The molecule has 1 unspecified atom stereocenters. The van der Waals surface area contributed by atoms with Gasteiger partial charge in [-0.3, -0.25) is 0 Å². The van der Waals surface area contributed by atoms with Gasteiger partial charge in [0.1, 0.15) is 6.10 Å². The highest BCUT2D eigenvalue weighted by atomic mass is 35.5. The smallest absolute Gasteiger partial charge is 0.115 e. The van der Waals surface area contributed by atoms with Gasteiger partial charge in [-0.25, -0.2) is 0 Å². The summed E-state index contributed by atoms with van der Waals surface area (Å²) in [5.41, 5.74) is 3.52. The van der Waals surface area contributed by atoms with E-state index in [2.05, 4.69) is 24.1 Å². The fourth-order valence-electron chi connectivity index (χ4n) is 2.63. The zero-order valence-electron chi connectivity index (χ0n) is 10.8. The molecule has 1 aliphatic heterocycles. The molecule has 0 bridgehead atoms. The highest BCUT2D eigenvalue weighted by molar-refractivity contribution is 7.10. The van der Waals surface area contributed by atoms with E-state index in [0.717, 1.165) is 23.4 Å². The first-order valence-corrected chi connectivity index (χ1v) is 7.67. The van der Waals surface area contributed by atoms with Gasteiger partial charge >= 0.3 is 0 Å². The second-order valence-electron chi connectivity index (χ2n) is 4.95. The molecule has 1 N–H and O–H groups in total. The zero-order chi connectivity index (χ0) is 13.4. The first-order chi connectivity index (χ1) is 9.16. The monoisotopic (exact) mass is 293 g/mol. The van der Waals surface area contributed by atoms with Crippen LogP contribution in [-0.2, 0) is 6.42 Å². The van der Waals surface area contributed by atoms with Crippen molar-refractivity contribution in [1.29, 1.82) is 0 Å². The number of anilines is 1. The third-order valence-corrected chi connectivity index (χ3v) is 5.07. The minimum absolute atomic E-state index is 0.620. The van der Waals surface area contributed by atoms with Gasteiger partial charge in [-0.1, -0.05) is 23.7 Å². The summed E-state index contributed by atoms with van der Waals surface area (Å²) < 4.78 is 0.